The molecule has 32 heavy (non-hydrogen) atoms. The fraction of sp³-hybridized carbons (Fsp3) is 0.583. The van der Waals surface area contributed by atoms with Crippen molar-refractivity contribution in [2.45, 2.75) is 80.8 Å². The number of hydrogen-bond acceptors (Lipinski definition) is 6. The Balaban J connectivity index is 1.52. The van der Waals surface area contributed by atoms with Crippen LogP contribution in [-0.4, -0.2) is 49.4 Å². The third-order valence-corrected chi connectivity index (χ3v) is 7.51. The van der Waals surface area contributed by atoms with Gasteiger partial charge in [0.2, 0.25) is 5.91 Å². The number of piperidine rings is 1. The van der Waals surface area contributed by atoms with E-state index in [2.05, 4.69) is 31.1 Å². The number of carbonyl (C=O) groups is 1. The maximum atomic E-state index is 13.0. The molecule has 1 atom stereocenters. The van der Waals surface area contributed by atoms with Crippen LogP contribution in [0, 0.1) is 11.3 Å². The number of hydrogen-bond donors (Lipinski definition) is 1. The van der Waals surface area contributed by atoms with Gasteiger partial charge in [0.1, 0.15) is 5.54 Å². The van der Waals surface area contributed by atoms with E-state index in [9.17, 15) is 10.1 Å². The van der Waals surface area contributed by atoms with Crippen molar-refractivity contribution in [3.05, 3.63) is 36.2 Å². The molecule has 1 saturated carbocycles. The highest BCUT2D eigenvalue weighted by atomic mass is 32.2. The highest BCUT2D eigenvalue weighted by Crippen LogP contribution is 2.30. The zero-order chi connectivity index (χ0) is 22.4. The van der Waals surface area contributed by atoms with Gasteiger partial charge in [0.05, 0.1) is 17.9 Å². The summed E-state index contributed by atoms with van der Waals surface area (Å²) in [5.74, 6) is 0.785. The molecule has 2 heterocycles. The van der Waals surface area contributed by atoms with Crippen molar-refractivity contribution in [1.82, 2.24) is 25.0 Å². The van der Waals surface area contributed by atoms with E-state index >= 15 is 0 Å². The molecule has 1 saturated heterocycles. The summed E-state index contributed by atoms with van der Waals surface area (Å²) in [5, 5.41) is 22.1. The largest absolute Gasteiger partial charge is 0.337 e. The van der Waals surface area contributed by atoms with Gasteiger partial charge in [-0.1, -0.05) is 55.6 Å². The molecule has 1 unspecified atom stereocenters. The third kappa shape index (κ3) is 5.33. The lowest BCUT2D eigenvalue weighted by molar-refractivity contribution is -0.121. The number of carbonyl (C=O) groups excluding carboxylic acids is 1. The Labute approximate surface area is 194 Å². The normalized spacial score (nSPS) is 19.8. The van der Waals surface area contributed by atoms with Crippen molar-refractivity contribution < 1.29 is 4.79 Å². The zero-order valence-electron chi connectivity index (χ0n) is 18.8. The van der Waals surface area contributed by atoms with E-state index in [1.165, 1.54) is 31.0 Å². The summed E-state index contributed by atoms with van der Waals surface area (Å²) in [7, 11) is 0. The first-order valence-corrected chi connectivity index (χ1v) is 12.6. The Morgan fingerprint density at radius 2 is 1.81 bits per heavy atom. The van der Waals surface area contributed by atoms with E-state index < -0.39 is 5.54 Å². The van der Waals surface area contributed by atoms with E-state index in [-0.39, 0.29) is 11.2 Å². The monoisotopic (exact) mass is 452 g/mol. The number of nitrogens with zero attached hydrogens (tertiary/aromatic N) is 5. The van der Waals surface area contributed by atoms with Gasteiger partial charge in [0.25, 0.3) is 0 Å². The molecule has 8 heteroatoms. The molecule has 0 spiro atoms. The molecule has 1 amide bonds. The standard InChI is InChI=1S/C24H32N6OS/c1-19(22(31)26-24(18-25)13-7-3-8-14-24)32-23-28-27-21(17-29-15-9-4-10-16-29)30(23)20-11-5-2-6-12-20/h2,5-6,11-12,19H,3-4,7-10,13-17H2,1H3,(H,26,31). The van der Waals surface area contributed by atoms with Crippen LogP contribution >= 0.6 is 11.8 Å². The van der Waals surface area contributed by atoms with E-state index in [0.29, 0.717) is 5.16 Å². The first-order valence-electron chi connectivity index (χ1n) is 11.7. The number of nitrogens with one attached hydrogen (secondary N) is 1. The summed E-state index contributed by atoms with van der Waals surface area (Å²) in [6.45, 7) is 4.79. The average Bonchev–Trinajstić information content (AvgIpc) is 3.22. The van der Waals surface area contributed by atoms with E-state index in [4.69, 9.17) is 0 Å². The molecule has 7 nitrogen and oxygen atoms in total. The molecule has 1 aliphatic heterocycles. The van der Waals surface area contributed by atoms with Crippen LogP contribution in [0.3, 0.4) is 0 Å². The molecule has 2 aromatic rings. The van der Waals surface area contributed by atoms with Gasteiger partial charge in [-0.2, -0.15) is 5.26 Å². The second kappa shape index (κ2) is 10.5. The number of thioether (sulfide) groups is 1. The van der Waals surface area contributed by atoms with Gasteiger partial charge in [-0.3, -0.25) is 14.3 Å². The fourth-order valence-electron chi connectivity index (χ4n) is 4.60. The maximum Gasteiger partial charge on any atom is 0.234 e. The van der Waals surface area contributed by atoms with Crippen molar-refractivity contribution >= 4 is 17.7 Å². The molecular formula is C24H32N6OS. The summed E-state index contributed by atoms with van der Waals surface area (Å²) >= 11 is 1.40. The lowest BCUT2D eigenvalue weighted by Gasteiger charge is -2.32. The fourth-order valence-corrected chi connectivity index (χ4v) is 5.49. The van der Waals surface area contributed by atoms with Gasteiger partial charge in [-0.15, -0.1) is 10.2 Å². The summed E-state index contributed by atoms with van der Waals surface area (Å²) in [4.78, 5) is 15.4. The molecule has 0 bridgehead atoms. The molecule has 2 fully saturated rings. The van der Waals surface area contributed by atoms with E-state index in [1.807, 2.05) is 37.3 Å². The highest BCUT2D eigenvalue weighted by Gasteiger charge is 2.35. The second-order valence-corrected chi connectivity index (χ2v) is 10.2. The van der Waals surface area contributed by atoms with Crippen molar-refractivity contribution in [1.29, 1.82) is 5.26 Å². The van der Waals surface area contributed by atoms with Crippen LogP contribution in [0.15, 0.2) is 35.5 Å². The predicted octanol–water partition coefficient (Wildman–Crippen LogP) is 4.08. The first-order chi connectivity index (χ1) is 15.6. The Morgan fingerprint density at radius 1 is 1.12 bits per heavy atom. The van der Waals surface area contributed by atoms with Gasteiger partial charge in [-0.25, -0.2) is 0 Å². The molecule has 2 aliphatic rings. The Morgan fingerprint density at radius 3 is 2.50 bits per heavy atom. The number of rotatable bonds is 7. The lowest BCUT2D eigenvalue weighted by Crippen LogP contribution is -2.51. The lowest BCUT2D eigenvalue weighted by atomic mass is 9.83. The topological polar surface area (TPSA) is 86.8 Å². The molecular weight excluding hydrogens is 420 g/mol. The maximum absolute atomic E-state index is 13.0. The van der Waals surface area contributed by atoms with Gasteiger partial charge in [0, 0.05) is 5.69 Å². The van der Waals surface area contributed by atoms with E-state index in [0.717, 1.165) is 63.3 Å². The minimum atomic E-state index is -0.726. The Kier molecular flexibility index (Phi) is 7.48. The SMILES string of the molecule is CC(Sc1nnc(CN2CCCCC2)n1-c1ccccc1)C(=O)NC1(C#N)CCCCC1. The summed E-state index contributed by atoms with van der Waals surface area (Å²) in [6.07, 6.45) is 8.29. The third-order valence-electron chi connectivity index (χ3n) is 6.46. The molecule has 1 aliphatic carbocycles. The van der Waals surface area contributed by atoms with Crippen molar-refractivity contribution in [3.63, 3.8) is 0 Å². The predicted molar refractivity (Wildman–Crippen MR) is 125 cm³/mol. The number of para-hydroxylation sites is 1. The van der Waals surface area contributed by atoms with Crippen molar-refractivity contribution in [2.75, 3.05) is 13.1 Å². The molecule has 1 N–H and O–H groups in total. The van der Waals surface area contributed by atoms with Crippen LogP contribution in [0.1, 0.15) is 64.1 Å². The van der Waals surface area contributed by atoms with E-state index in [1.54, 1.807) is 0 Å². The zero-order valence-corrected chi connectivity index (χ0v) is 19.6. The van der Waals surface area contributed by atoms with Gasteiger partial charge in [-0.05, 0) is 57.8 Å². The van der Waals surface area contributed by atoms with Crippen molar-refractivity contribution in [2.24, 2.45) is 0 Å². The summed E-state index contributed by atoms with van der Waals surface area (Å²) < 4.78 is 2.07. The van der Waals surface area contributed by atoms with Crippen LogP contribution in [-0.2, 0) is 11.3 Å². The quantitative estimate of drug-likeness (QED) is 0.637. The van der Waals surface area contributed by atoms with Crippen LogP contribution < -0.4 is 5.32 Å². The van der Waals surface area contributed by atoms with Crippen LogP contribution in [0.25, 0.3) is 5.69 Å². The second-order valence-electron chi connectivity index (χ2n) is 8.91. The number of aromatic nitrogens is 3. The molecule has 1 aromatic carbocycles. The average molecular weight is 453 g/mol. The highest BCUT2D eigenvalue weighted by molar-refractivity contribution is 8.00. The minimum Gasteiger partial charge on any atom is -0.337 e. The summed E-state index contributed by atoms with van der Waals surface area (Å²) in [5.41, 5.74) is 0.275. The molecule has 1 aromatic heterocycles. The van der Waals surface area contributed by atoms with Crippen LogP contribution in [0.5, 0.6) is 0 Å². The molecule has 4 rings (SSSR count). The minimum absolute atomic E-state index is 0.112. The Bertz CT molecular complexity index is 941. The van der Waals surface area contributed by atoms with Gasteiger partial charge < -0.3 is 5.32 Å². The van der Waals surface area contributed by atoms with Crippen molar-refractivity contribution in [3.8, 4) is 11.8 Å². The summed E-state index contributed by atoms with van der Waals surface area (Å²) in [6, 6.07) is 12.5. The number of likely N-dealkylation sites (tertiary alicyclic amines) is 1. The number of nitriles is 1. The number of amides is 1. The van der Waals surface area contributed by atoms with Crippen LogP contribution in [0.4, 0.5) is 0 Å². The first kappa shape index (κ1) is 22.8. The molecule has 0 radical (unpaired) electrons. The number of benzene rings is 1. The Hall–Kier alpha value is -2.37. The van der Waals surface area contributed by atoms with Gasteiger partial charge in [0.15, 0.2) is 11.0 Å². The van der Waals surface area contributed by atoms with Gasteiger partial charge >= 0.3 is 0 Å². The van der Waals surface area contributed by atoms with Crippen LogP contribution in [0.2, 0.25) is 0 Å². The molecule has 170 valence electrons. The smallest absolute Gasteiger partial charge is 0.234 e.